The van der Waals surface area contributed by atoms with Gasteiger partial charge in [-0.05, 0) is 35.9 Å². The highest BCUT2D eigenvalue weighted by Gasteiger charge is 2.08. The third-order valence-electron chi connectivity index (χ3n) is 3.82. The predicted molar refractivity (Wildman–Crippen MR) is 102 cm³/mol. The van der Waals surface area contributed by atoms with Gasteiger partial charge in [0.05, 0.1) is 18.7 Å². The lowest BCUT2D eigenvalue weighted by atomic mass is 10.1. The molecule has 1 aromatic heterocycles. The first-order valence-electron chi connectivity index (χ1n) is 8.47. The molecule has 0 spiro atoms. The van der Waals surface area contributed by atoms with Crippen molar-refractivity contribution in [2.24, 2.45) is 0 Å². The number of aromatic nitrogens is 2. The number of carbonyl (C=O) groups is 2. The number of H-pyrrole nitrogens is 1. The number of carbonyl (C=O) groups excluding carboxylic acids is 2. The van der Waals surface area contributed by atoms with Gasteiger partial charge in [0, 0.05) is 17.3 Å². The number of halogens is 1. The maximum absolute atomic E-state index is 13.1. The van der Waals surface area contributed by atoms with Crippen LogP contribution in [0.2, 0.25) is 0 Å². The molecule has 2 amide bonds. The van der Waals surface area contributed by atoms with E-state index < -0.39 is 11.7 Å². The van der Waals surface area contributed by atoms with Crippen molar-refractivity contribution in [3.63, 3.8) is 0 Å². The first-order valence-corrected chi connectivity index (χ1v) is 8.47. The van der Waals surface area contributed by atoms with Crippen LogP contribution in [0.5, 0.6) is 0 Å². The van der Waals surface area contributed by atoms with E-state index in [1.807, 2.05) is 0 Å². The number of nitrogens with one attached hydrogen (secondary N) is 3. The molecule has 28 heavy (non-hydrogen) atoms. The fourth-order valence-electron chi connectivity index (χ4n) is 2.54. The lowest BCUT2D eigenvalue weighted by Gasteiger charge is -2.08. The normalized spacial score (nSPS) is 10.3. The number of nitrogens with zero attached hydrogens (tertiary/aromatic N) is 1. The average molecular weight is 380 g/mol. The summed E-state index contributed by atoms with van der Waals surface area (Å²) in [5.74, 6) is -1.20. The molecule has 2 aromatic carbocycles. The molecule has 0 bridgehead atoms. The lowest BCUT2D eigenvalue weighted by molar-refractivity contribution is -0.123. The summed E-state index contributed by atoms with van der Waals surface area (Å²) in [7, 11) is 0. The summed E-state index contributed by atoms with van der Waals surface area (Å²) in [5, 5.41) is 11.5. The molecular weight excluding hydrogens is 363 g/mol. The zero-order valence-corrected chi connectivity index (χ0v) is 14.7. The third-order valence-corrected chi connectivity index (χ3v) is 3.82. The Balaban J connectivity index is 1.54. The second-order valence-electron chi connectivity index (χ2n) is 6.02. The molecule has 3 N–H and O–H groups in total. The number of aromatic amines is 1. The minimum absolute atomic E-state index is 0.0155. The van der Waals surface area contributed by atoms with E-state index in [-0.39, 0.29) is 24.4 Å². The molecule has 0 fully saturated rings. The van der Waals surface area contributed by atoms with E-state index in [9.17, 15) is 18.8 Å². The van der Waals surface area contributed by atoms with Gasteiger partial charge in [0.1, 0.15) is 5.82 Å². The highest BCUT2D eigenvalue weighted by Crippen LogP contribution is 2.19. The van der Waals surface area contributed by atoms with E-state index >= 15 is 0 Å². The van der Waals surface area contributed by atoms with Crippen LogP contribution in [0.4, 0.5) is 10.1 Å². The topological polar surface area (TPSA) is 104 Å². The molecule has 0 saturated carbocycles. The van der Waals surface area contributed by atoms with Crippen LogP contribution < -0.4 is 16.2 Å². The summed E-state index contributed by atoms with van der Waals surface area (Å²) >= 11 is 0. The van der Waals surface area contributed by atoms with Crippen LogP contribution in [-0.4, -0.2) is 28.6 Å². The molecule has 3 aromatic rings. The highest BCUT2D eigenvalue weighted by atomic mass is 19.1. The van der Waals surface area contributed by atoms with Crippen LogP contribution >= 0.6 is 0 Å². The second-order valence-corrected chi connectivity index (χ2v) is 6.02. The molecule has 1 heterocycles. The summed E-state index contributed by atoms with van der Waals surface area (Å²) in [6, 6.07) is 15.6. The zero-order valence-electron chi connectivity index (χ0n) is 14.7. The van der Waals surface area contributed by atoms with Crippen molar-refractivity contribution in [3.05, 3.63) is 82.4 Å². The van der Waals surface area contributed by atoms with Gasteiger partial charge in [-0.15, -0.1) is 0 Å². The third kappa shape index (κ3) is 5.34. The Morgan fingerprint density at radius 3 is 2.57 bits per heavy atom. The Kier molecular flexibility index (Phi) is 5.91. The van der Waals surface area contributed by atoms with Crippen LogP contribution in [-0.2, 0) is 16.0 Å². The number of benzene rings is 2. The minimum atomic E-state index is -0.417. The van der Waals surface area contributed by atoms with Gasteiger partial charge in [0.25, 0.3) is 5.56 Å². The SMILES string of the molecule is O=C(Cc1cccc(F)c1)NCC(=O)Nc1cccc(-c2ccc(=O)[nH]n2)c1. The Bertz CT molecular complexity index is 1040. The van der Waals surface area contributed by atoms with Crippen LogP contribution in [0.25, 0.3) is 11.3 Å². The molecule has 3 rings (SSSR count). The molecule has 0 saturated heterocycles. The summed E-state index contributed by atoms with van der Waals surface area (Å²) in [5.41, 5.74) is 2.01. The summed E-state index contributed by atoms with van der Waals surface area (Å²) in [6.45, 7) is -0.213. The number of hydrogen-bond donors (Lipinski definition) is 3. The first-order chi connectivity index (χ1) is 13.5. The van der Waals surface area contributed by atoms with Gasteiger partial charge in [0.2, 0.25) is 11.8 Å². The van der Waals surface area contributed by atoms with Crippen molar-refractivity contribution >= 4 is 17.5 Å². The molecule has 0 aliphatic rings. The average Bonchev–Trinajstić information content (AvgIpc) is 2.67. The molecule has 0 unspecified atom stereocenters. The van der Waals surface area contributed by atoms with Gasteiger partial charge in [-0.1, -0.05) is 24.3 Å². The lowest BCUT2D eigenvalue weighted by Crippen LogP contribution is -2.33. The number of hydrogen-bond acceptors (Lipinski definition) is 4. The summed E-state index contributed by atoms with van der Waals surface area (Å²) in [4.78, 5) is 35.1. The smallest absolute Gasteiger partial charge is 0.264 e. The predicted octanol–water partition coefficient (Wildman–Crippen LogP) is 1.87. The fraction of sp³-hybridized carbons (Fsp3) is 0.100. The van der Waals surface area contributed by atoms with Crippen LogP contribution in [0.3, 0.4) is 0 Å². The van der Waals surface area contributed by atoms with E-state index in [1.54, 1.807) is 36.4 Å². The molecule has 7 nitrogen and oxygen atoms in total. The van der Waals surface area contributed by atoms with Crippen molar-refractivity contribution in [2.75, 3.05) is 11.9 Å². The monoisotopic (exact) mass is 380 g/mol. The van der Waals surface area contributed by atoms with Crippen LogP contribution in [0.1, 0.15) is 5.56 Å². The molecule has 8 heteroatoms. The maximum Gasteiger partial charge on any atom is 0.264 e. The van der Waals surface area contributed by atoms with Crippen molar-refractivity contribution in [1.82, 2.24) is 15.5 Å². The van der Waals surface area contributed by atoms with E-state index in [4.69, 9.17) is 0 Å². The Hall–Kier alpha value is -3.81. The zero-order chi connectivity index (χ0) is 19.9. The minimum Gasteiger partial charge on any atom is -0.347 e. The van der Waals surface area contributed by atoms with Gasteiger partial charge in [-0.2, -0.15) is 5.10 Å². The van der Waals surface area contributed by atoms with Crippen molar-refractivity contribution in [2.45, 2.75) is 6.42 Å². The number of anilines is 1. The summed E-state index contributed by atoms with van der Waals surface area (Å²) < 4.78 is 13.1. The van der Waals surface area contributed by atoms with Gasteiger partial charge < -0.3 is 10.6 Å². The van der Waals surface area contributed by atoms with Gasteiger partial charge in [0.15, 0.2) is 0 Å². The number of rotatable bonds is 6. The van der Waals surface area contributed by atoms with E-state index in [0.29, 0.717) is 22.5 Å². The van der Waals surface area contributed by atoms with Crippen molar-refractivity contribution in [1.29, 1.82) is 0 Å². The fourth-order valence-corrected chi connectivity index (χ4v) is 2.54. The maximum atomic E-state index is 13.1. The highest BCUT2D eigenvalue weighted by molar-refractivity contribution is 5.95. The Morgan fingerprint density at radius 2 is 1.82 bits per heavy atom. The largest absolute Gasteiger partial charge is 0.347 e. The standard InChI is InChI=1S/C20H17FN4O3/c21-15-5-1-3-13(9-15)10-19(27)22-12-20(28)23-16-6-2-4-14(11-16)17-7-8-18(26)25-24-17/h1-9,11H,10,12H2,(H,22,27)(H,23,28)(H,25,26). The van der Waals surface area contributed by atoms with Gasteiger partial charge >= 0.3 is 0 Å². The quantitative estimate of drug-likeness (QED) is 0.607. The molecule has 0 aliphatic carbocycles. The molecular formula is C20H17FN4O3. The van der Waals surface area contributed by atoms with E-state index in [2.05, 4.69) is 20.8 Å². The van der Waals surface area contributed by atoms with E-state index in [1.165, 1.54) is 24.3 Å². The van der Waals surface area contributed by atoms with Gasteiger partial charge in [-0.25, -0.2) is 9.49 Å². The van der Waals surface area contributed by atoms with Crippen molar-refractivity contribution < 1.29 is 14.0 Å². The van der Waals surface area contributed by atoms with Gasteiger partial charge in [-0.3, -0.25) is 14.4 Å². The van der Waals surface area contributed by atoms with Crippen LogP contribution in [0, 0.1) is 5.82 Å². The summed E-state index contributed by atoms with van der Waals surface area (Å²) in [6.07, 6.45) is -0.0155. The molecule has 0 atom stereocenters. The van der Waals surface area contributed by atoms with Crippen LogP contribution in [0.15, 0.2) is 65.5 Å². The number of amides is 2. The Labute approximate surface area is 159 Å². The van der Waals surface area contributed by atoms with E-state index in [0.717, 1.165) is 0 Å². The first kappa shape index (κ1) is 19.0. The molecule has 142 valence electrons. The Morgan fingerprint density at radius 1 is 1.00 bits per heavy atom. The molecule has 0 radical (unpaired) electrons. The molecule has 0 aliphatic heterocycles. The second kappa shape index (κ2) is 8.72. The van der Waals surface area contributed by atoms with Crippen molar-refractivity contribution in [3.8, 4) is 11.3 Å².